The van der Waals surface area contributed by atoms with E-state index in [9.17, 15) is 23.1 Å². The first kappa shape index (κ1) is 32.5. The number of carbonyl (C=O) groups excluding carboxylic acids is 1. The third-order valence-corrected chi connectivity index (χ3v) is 10.3. The molecule has 2 heterocycles. The number of nitrogens with zero attached hydrogens (tertiary/aromatic N) is 2. The second kappa shape index (κ2) is 13.2. The number of anilines is 3. The van der Waals surface area contributed by atoms with Crippen molar-refractivity contribution in [1.29, 1.82) is 0 Å². The second-order valence-corrected chi connectivity index (χ2v) is 13.8. The van der Waals surface area contributed by atoms with E-state index in [1.165, 1.54) is 41.3 Å². The van der Waals surface area contributed by atoms with Gasteiger partial charge in [0.1, 0.15) is 23.4 Å². The van der Waals surface area contributed by atoms with Crippen molar-refractivity contribution in [2.45, 2.75) is 55.8 Å². The minimum Gasteiger partial charge on any atom is -0.494 e. The SMILES string of the molecule is CCOc1ccc(F)c([C@H](Nc2ccc3c(N)nccc3c2)C(=O)N2CCC[C@@H]2c2cc(NC(=O)O)ccc2S(=O)(=O)C(C)C)c1. The second-order valence-electron chi connectivity index (χ2n) is 11.3. The van der Waals surface area contributed by atoms with Crippen LogP contribution >= 0.6 is 0 Å². The van der Waals surface area contributed by atoms with Crippen molar-refractivity contribution in [2.24, 2.45) is 0 Å². The summed E-state index contributed by atoms with van der Waals surface area (Å²) in [4.78, 5) is 31.7. The summed E-state index contributed by atoms with van der Waals surface area (Å²) in [6.07, 6.45) is 1.22. The third kappa shape index (κ3) is 6.54. The molecule has 0 spiro atoms. The van der Waals surface area contributed by atoms with Gasteiger partial charge in [-0.05, 0) is 105 Å². The largest absolute Gasteiger partial charge is 0.494 e. The Labute approximate surface area is 266 Å². The molecule has 0 aliphatic carbocycles. The van der Waals surface area contributed by atoms with E-state index in [0.717, 1.165) is 5.39 Å². The van der Waals surface area contributed by atoms with Crippen molar-refractivity contribution in [3.05, 3.63) is 83.8 Å². The van der Waals surface area contributed by atoms with E-state index in [0.29, 0.717) is 47.7 Å². The molecule has 3 aromatic carbocycles. The number of carboxylic acid groups (broad SMARTS) is 1. The van der Waals surface area contributed by atoms with E-state index in [4.69, 9.17) is 10.5 Å². The maximum Gasteiger partial charge on any atom is 0.409 e. The number of sulfone groups is 1. The Balaban J connectivity index is 1.61. The molecule has 0 bridgehead atoms. The fourth-order valence-corrected chi connectivity index (χ4v) is 7.06. The van der Waals surface area contributed by atoms with Gasteiger partial charge < -0.3 is 25.8 Å². The first-order chi connectivity index (χ1) is 21.9. The van der Waals surface area contributed by atoms with E-state index in [1.807, 2.05) is 0 Å². The number of carbonyl (C=O) groups is 2. The van der Waals surface area contributed by atoms with Crippen molar-refractivity contribution in [2.75, 3.05) is 29.5 Å². The quantitative estimate of drug-likeness (QED) is 0.158. The highest BCUT2D eigenvalue weighted by molar-refractivity contribution is 7.92. The maximum absolute atomic E-state index is 15.6. The molecule has 1 fully saturated rings. The number of halogens is 1. The van der Waals surface area contributed by atoms with Crippen LogP contribution in [0.5, 0.6) is 5.75 Å². The Kier molecular flexibility index (Phi) is 9.33. The lowest BCUT2D eigenvalue weighted by atomic mass is 10.00. The highest BCUT2D eigenvalue weighted by Crippen LogP contribution is 2.40. The smallest absolute Gasteiger partial charge is 0.409 e. The Bertz CT molecular complexity index is 1900. The van der Waals surface area contributed by atoms with Crippen molar-refractivity contribution in [3.8, 4) is 5.75 Å². The summed E-state index contributed by atoms with van der Waals surface area (Å²) in [6.45, 7) is 5.51. The van der Waals surface area contributed by atoms with Crippen LogP contribution in [0.1, 0.15) is 56.8 Å². The molecule has 0 radical (unpaired) electrons. The lowest BCUT2D eigenvalue weighted by Gasteiger charge is -2.32. The van der Waals surface area contributed by atoms with Crippen LogP contribution in [0, 0.1) is 5.82 Å². The molecule has 0 unspecified atom stereocenters. The van der Waals surface area contributed by atoms with E-state index >= 15 is 4.39 Å². The first-order valence-electron chi connectivity index (χ1n) is 14.9. The number of aromatic nitrogens is 1. The van der Waals surface area contributed by atoms with E-state index in [-0.39, 0.29) is 22.7 Å². The standard InChI is InChI=1S/C33H36FN5O6S/c1-4-45-23-9-11-27(34)25(18-23)30(37-21-7-10-24-20(16-21)13-14-36-31(24)35)32(40)39-15-5-6-28(39)26-17-22(38-33(41)42)8-12-29(26)46(43,44)19(2)3/h7-14,16-19,28,30,37-38H,4-6,15H2,1-3H3,(H2,35,36)(H,41,42)/t28-,30+/m1/s1. The summed E-state index contributed by atoms with van der Waals surface area (Å²) in [5, 5.41) is 15.5. The summed E-state index contributed by atoms with van der Waals surface area (Å²) in [5.41, 5.74) is 7.05. The molecule has 1 aromatic heterocycles. The Morgan fingerprint density at radius 3 is 2.59 bits per heavy atom. The topological polar surface area (TPSA) is 164 Å². The highest BCUT2D eigenvalue weighted by atomic mass is 32.2. The number of ether oxygens (including phenoxy) is 1. The highest BCUT2D eigenvalue weighted by Gasteiger charge is 2.39. The average molecular weight is 650 g/mol. The number of benzene rings is 3. The van der Waals surface area contributed by atoms with Gasteiger partial charge in [0, 0.05) is 35.1 Å². The summed E-state index contributed by atoms with van der Waals surface area (Å²) in [7, 11) is -3.82. The van der Waals surface area contributed by atoms with Gasteiger partial charge in [0.15, 0.2) is 9.84 Å². The molecular weight excluding hydrogens is 613 g/mol. The first-order valence-corrected chi connectivity index (χ1v) is 16.5. The number of nitrogens with two attached hydrogens (primary N) is 1. The van der Waals surface area contributed by atoms with Crippen LogP contribution in [0.15, 0.2) is 71.8 Å². The van der Waals surface area contributed by atoms with Crippen LogP contribution in [0.3, 0.4) is 0 Å². The molecule has 1 saturated heterocycles. The monoisotopic (exact) mass is 649 g/mol. The van der Waals surface area contributed by atoms with Crippen molar-refractivity contribution < 1.29 is 32.2 Å². The summed E-state index contributed by atoms with van der Waals surface area (Å²) >= 11 is 0. The van der Waals surface area contributed by atoms with Crippen LogP contribution in [0.4, 0.5) is 26.4 Å². The Hall–Kier alpha value is -4.91. The van der Waals surface area contributed by atoms with Gasteiger partial charge in [-0.25, -0.2) is 22.6 Å². The zero-order valence-corrected chi connectivity index (χ0v) is 26.5. The van der Waals surface area contributed by atoms with Gasteiger partial charge in [-0.2, -0.15) is 0 Å². The number of pyridine rings is 1. The summed E-state index contributed by atoms with van der Waals surface area (Å²) < 4.78 is 48.1. The number of hydrogen-bond acceptors (Lipinski definition) is 8. The van der Waals surface area contributed by atoms with Gasteiger partial charge in [0.25, 0.3) is 0 Å². The van der Waals surface area contributed by atoms with Gasteiger partial charge in [-0.1, -0.05) is 0 Å². The predicted octanol–water partition coefficient (Wildman–Crippen LogP) is 6.14. The Morgan fingerprint density at radius 2 is 1.87 bits per heavy atom. The number of rotatable bonds is 10. The van der Waals surface area contributed by atoms with Crippen LogP contribution in [0.25, 0.3) is 10.8 Å². The molecule has 2 atom stereocenters. The molecular formula is C33H36FN5O6S. The van der Waals surface area contributed by atoms with E-state index in [1.54, 1.807) is 51.2 Å². The number of nitrogen functional groups attached to an aromatic ring is 1. The molecule has 46 heavy (non-hydrogen) atoms. The Morgan fingerprint density at radius 1 is 1.11 bits per heavy atom. The number of likely N-dealkylation sites (tertiary alicyclic amines) is 1. The molecule has 2 amide bonds. The minimum atomic E-state index is -3.82. The molecule has 0 saturated carbocycles. The average Bonchev–Trinajstić information content (AvgIpc) is 3.50. The number of nitrogens with one attached hydrogen (secondary N) is 2. The number of amides is 2. The zero-order valence-electron chi connectivity index (χ0n) is 25.7. The lowest BCUT2D eigenvalue weighted by Crippen LogP contribution is -2.38. The zero-order chi connectivity index (χ0) is 33.2. The predicted molar refractivity (Wildman–Crippen MR) is 174 cm³/mol. The van der Waals surface area contributed by atoms with Crippen molar-refractivity contribution in [3.63, 3.8) is 0 Å². The third-order valence-electron chi connectivity index (χ3n) is 8.03. The minimum absolute atomic E-state index is 0.0119. The summed E-state index contributed by atoms with van der Waals surface area (Å²) in [5.74, 6) is -0.394. The van der Waals surface area contributed by atoms with E-state index in [2.05, 4.69) is 15.6 Å². The fourth-order valence-electron chi connectivity index (χ4n) is 5.77. The molecule has 13 heteroatoms. The number of hydrogen-bond donors (Lipinski definition) is 4. The van der Waals surface area contributed by atoms with Gasteiger partial charge in [0.05, 0.1) is 22.8 Å². The lowest BCUT2D eigenvalue weighted by molar-refractivity contribution is -0.133. The van der Waals surface area contributed by atoms with Gasteiger partial charge >= 0.3 is 6.09 Å². The normalized spacial score (nSPS) is 15.6. The molecule has 11 nitrogen and oxygen atoms in total. The number of fused-ring (bicyclic) bond motifs is 1. The molecule has 5 N–H and O–H groups in total. The van der Waals surface area contributed by atoms with E-state index < -0.39 is 45.0 Å². The molecule has 242 valence electrons. The van der Waals surface area contributed by atoms with Crippen LogP contribution < -0.4 is 21.1 Å². The fraction of sp³-hybridized carbons (Fsp3) is 0.303. The van der Waals surface area contributed by atoms with Crippen LogP contribution in [-0.4, -0.2) is 53.8 Å². The van der Waals surface area contributed by atoms with Crippen LogP contribution in [0.2, 0.25) is 0 Å². The van der Waals surface area contributed by atoms with Crippen molar-refractivity contribution in [1.82, 2.24) is 9.88 Å². The van der Waals surface area contributed by atoms with Crippen LogP contribution in [-0.2, 0) is 14.6 Å². The van der Waals surface area contributed by atoms with Crippen molar-refractivity contribution >= 4 is 49.8 Å². The molecule has 4 aromatic rings. The van der Waals surface area contributed by atoms with Gasteiger partial charge in [-0.15, -0.1) is 0 Å². The molecule has 5 rings (SSSR count). The van der Waals surface area contributed by atoms with Gasteiger partial charge in [0.2, 0.25) is 5.91 Å². The maximum atomic E-state index is 15.6. The molecule has 1 aliphatic heterocycles. The molecule has 1 aliphatic rings. The van der Waals surface area contributed by atoms with Gasteiger partial charge in [-0.3, -0.25) is 10.1 Å². The summed E-state index contributed by atoms with van der Waals surface area (Å²) in [6, 6.07) is 13.5.